The third-order valence-corrected chi connectivity index (χ3v) is 3.28. The fourth-order valence-electron chi connectivity index (χ4n) is 2.18. The Morgan fingerprint density at radius 3 is 2.64 bits per heavy atom. The third-order valence-electron chi connectivity index (χ3n) is 3.28. The Hall–Kier alpha value is -2.55. The fraction of sp³-hybridized carbons (Fsp3) is 0.111. The normalized spacial score (nSPS) is 10.8. The van der Waals surface area contributed by atoms with Gasteiger partial charge in [0.2, 0.25) is 0 Å². The van der Waals surface area contributed by atoms with E-state index in [1.165, 1.54) is 0 Å². The number of nitrogens with one attached hydrogen (secondary N) is 1. The fourth-order valence-corrected chi connectivity index (χ4v) is 2.18. The first-order valence-corrected chi connectivity index (χ1v) is 7.56. The first-order chi connectivity index (χ1) is 11.7. The molecule has 7 heteroatoms. The number of aryl methyl sites for hydroxylation is 1. The Kier molecular flexibility index (Phi) is 6.81. The van der Waals surface area contributed by atoms with E-state index in [0.29, 0.717) is 12.5 Å². The summed E-state index contributed by atoms with van der Waals surface area (Å²) >= 11 is 0. The monoisotopic (exact) mass is 449 g/mol. The van der Waals surface area contributed by atoms with Crippen LogP contribution in [0.15, 0.2) is 72.0 Å². The van der Waals surface area contributed by atoms with Gasteiger partial charge in [-0.15, -0.1) is 24.0 Å². The van der Waals surface area contributed by atoms with E-state index >= 15 is 0 Å². The van der Waals surface area contributed by atoms with Gasteiger partial charge in [0.15, 0.2) is 5.96 Å². The van der Waals surface area contributed by atoms with Crippen LogP contribution in [0.4, 0.5) is 5.69 Å². The van der Waals surface area contributed by atoms with Gasteiger partial charge in [-0.1, -0.05) is 24.3 Å². The second-order valence-electron chi connectivity index (χ2n) is 5.29. The number of aromatic nitrogens is 2. The van der Waals surface area contributed by atoms with Crippen molar-refractivity contribution < 1.29 is 4.74 Å². The zero-order valence-corrected chi connectivity index (χ0v) is 16.1. The number of halogens is 1. The average Bonchev–Trinajstić information content (AvgIpc) is 3.00. The molecule has 1 aromatic heterocycles. The number of nitrogens with zero attached hydrogens (tertiary/aromatic N) is 3. The molecule has 2 aromatic carbocycles. The van der Waals surface area contributed by atoms with Crippen LogP contribution in [0, 0.1) is 0 Å². The van der Waals surface area contributed by atoms with Gasteiger partial charge in [0.05, 0.1) is 12.7 Å². The molecule has 25 heavy (non-hydrogen) atoms. The Labute approximate surface area is 163 Å². The summed E-state index contributed by atoms with van der Waals surface area (Å²) in [6.07, 6.45) is 3.68. The van der Waals surface area contributed by atoms with E-state index in [1.807, 2.05) is 67.8 Å². The molecule has 0 fully saturated rings. The Bertz CT molecular complexity index is 832. The van der Waals surface area contributed by atoms with E-state index in [9.17, 15) is 0 Å². The van der Waals surface area contributed by atoms with Crippen molar-refractivity contribution >= 4 is 35.6 Å². The smallest absolute Gasteiger partial charge is 0.193 e. The first kappa shape index (κ1) is 18.8. The molecule has 0 bridgehead atoms. The number of guanidine groups is 1. The molecule has 0 radical (unpaired) electrons. The van der Waals surface area contributed by atoms with Gasteiger partial charge in [-0.2, -0.15) is 5.10 Å². The van der Waals surface area contributed by atoms with Crippen LogP contribution < -0.4 is 15.8 Å². The van der Waals surface area contributed by atoms with Crippen molar-refractivity contribution in [3.63, 3.8) is 0 Å². The standard InChI is InChI=1S/C18H19N5O.HI/c1-23-13-14(12-21-23)11-20-18(19)22-15-6-5-9-17(10-15)24-16-7-3-2-4-8-16;/h2-10,12-13H,11H2,1H3,(H3,19,20,22);1H. The van der Waals surface area contributed by atoms with Crippen molar-refractivity contribution in [1.29, 1.82) is 0 Å². The molecule has 0 amide bonds. The highest BCUT2D eigenvalue weighted by atomic mass is 127. The molecule has 0 saturated heterocycles. The minimum Gasteiger partial charge on any atom is -0.457 e. The van der Waals surface area contributed by atoms with Crippen LogP contribution in [-0.4, -0.2) is 15.7 Å². The highest BCUT2D eigenvalue weighted by molar-refractivity contribution is 14.0. The number of ether oxygens (including phenoxy) is 1. The summed E-state index contributed by atoms with van der Waals surface area (Å²) in [4.78, 5) is 4.31. The first-order valence-electron chi connectivity index (χ1n) is 7.56. The van der Waals surface area contributed by atoms with Gasteiger partial charge < -0.3 is 15.8 Å². The Morgan fingerprint density at radius 1 is 1.16 bits per heavy atom. The van der Waals surface area contributed by atoms with E-state index in [0.717, 1.165) is 22.7 Å². The van der Waals surface area contributed by atoms with Crippen LogP contribution in [-0.2, 0) is 13.6 Å². The summed E-state index contributed by atoms with van der Waals surface area (Å²) < 4.78 is 7.54. The predicted octanol–water partition coefficient (Wildman–Crippen LogP) is 3.76. The Balaban J connectivity index is 0.00000225. The van der Waals surface area contributed by atoms with Crippen LogP contribution in [0.2, 0.25) is 0 Å². The lowest BCUT2D eigenvalue weighted by Gasteiger charge is -2.09. The number of nitrogens with two attached hydrogens (primary N) is 1. The largest absolute Gasteiger partial charge is 0.457 e. The molecule has 0 spiro atoms. The average molecular weight is 449 g/mol. The maximum atomic E-state index is 5.93. The summed E-state index contributed by atoms with van der Waals surface area (Å²) in [6, 6.07) is 17.2. The molecule has 0 unspecified atom stereocenters. The third kappa shape index (κ3) is 5.79. The second kappa shape index (κ2) is 9.07. The minimum absolute atomic E-state index is 0. The van der Waals surface area contributed by atoms with Crippen LogP contribution in [0.5, 0.6) is 11.5 Å². The molecule has 3 rings (SSSR count). The maximum Gasteiger partial charge on any atom is 0.193 e. The molecule has 0 atom stereocenters. The number of hydrogen-bond acceptors (Lipinski definition) is 3. The predicted molar refractivity (Wildman–Crippen MR) is 111 cm³/mol. The number of anilines is 1. The lowest BCUT2D eigenvalue weighted by Crippen LogP contribution is -2.22. The molecule has 0 aliphatic rings. The molecule has 1 heterocycles. The van der Waals surface area contributed by atoms with Crippen LogP contribution >= 0.6 is 24.0 Å². The lowest BCUT2D eigenvalue weighted by molar-refractivity contribution is 0.483. The molecule has 0 aliphatic heterocycles. The summed E-state index contributed by atoms with van der Waals surface area (Å²) in [5, 5.41) is 7.17. The summed E-state index contributed by atoms with van der Waals surface area (Å²) in [7, 11) is 1.87. The van der Waals surface area contributed by atoms with Crippen LogP contribution in [0.1, 0.15) is 5.56 Å². The zero-order chi connectivity index (χ0) is 16.8. The van der Waals surface area contributed by atoms with Gasteiger partial charge in [-0.25, -0.2) is 4.99 Å². The van der Waals surface area contributed by atoms with Crippen LogP contribution in [0.25, 0.3) is 0 Å². The number of rotatable bonds is 5. The topological polar surface area (TPSA) is 77.5 Å². The van der Waals surface area contributed by atoms with Crippen molar-refractivity contribution in [2.75, 3.05) is 5.32 Å². The summed E-state index contributed by atoms with van der Waals surface area (Å²) in [5.41, 5.74) is 7.75. The summed E-state index contributed by atoms with van der Waals surface area (Å²) in [5.74, 6) is 1.86. The van der Waals surface area contributed by atoms with Crippen molar-refractivity contribution in [1.82, 2.24) is 9.78 Å². The van der Waals surface area contributed by atoms with Gasteiger partial charge in [-0.3, -0.25) is 4.68 Å². The van der Waals surface area contributed by atoms with E-state index in [1.54, 1.807) is 10.9 Å². The van der Waals surface area contributed by atoms with Crippen molar-refractivity contribution in [3.05, 3.63) is 72.6 Å². The molecule has 0 aliphatic carbocycles. The minimum atomic E-state index is 0. The molecule has 6 nitrogen and oxygen atoms in total. The zero-order valence-electron chi connectivity index (χ0n) is 13.8. The number of aliphatic imine (C=N–C) groups is 1. The summed E-state index contributed by atoms with van der Waals surface area (Å²) in [6.45, 7) is 0.479. The quantitative estimate of drug-likeness (QED) is 0.353. The van der Waals surface area contributed by atoms with Crippen molar-refractivity contribution in [3.8, 4) is 11.5 Å². The highest BCUT2D eigenvalue weighted by Crippen LogP contribution is 2.23. The highest BCUT2D eigenvalue weighted by Gasteiger charge is 2.01. The van der Waals surface area contributed by atoms with Gasteiger partial charge in [-0.05, 0) is 24.3 Å². The molecule has 3 N–H and O–H groups in total. The molecule has 0 saturated carbocycles. The van der Waals surface area contributed by atoms with E-state index in [2.05, 4.69) is 15.4 Å². The van der Waals surface area contributed by atoms with Gasteiger partial charge in [0, 0.05) is 30.6 Å². The van der Waals surface area contributed by atoms with Gasteiger partial charge in [0.25, 0.3) is 0 Å². The number of hydrogen-bond donors (Lipinski definition) is 2. The molecule has 3 aromatic rings. The molecular weight excluding hydrogens is 429 g/mol. The maximum absolute atomic E-state index is 5.93. The van der Waals surface area contributed by atoms with Gasteiger partial charge in [0.1, 0.15) is 11.5 Å². The van der Waals surface area contributed by atoms with Gasteiger partial charge >= 0.3 is 0 Å². The molecule has 130 valence electrons. The lowest BCUT2D eigenvalue weighted by atomic mass is 10.3. The number of para-hydroxylation sites is 1. The van der Waals surface area contributed by atoms with E-state index < -0.39 is 0 Å². The van der Waals surface area contributed by atoms with Crippen molar-refractivity contribution in [2.24, 2.45) is 17.8 Å². The van der Waals surface area contributed by atoms with Crippen LogP contribution in [0.3, 0.4) is 0 Å². The van der Waals surface area contributed by atoms with Crippen molar-refractivity contribution in [2.45, 2.75) is 6.54 Å². The Morgan fingerprint density at radius 2 is 1.92 bits per heavy atom. The second-order valence-corrected chi connectivity index (χ2v) is 5.29. The SMILES string of the molecule is Cn1cc(CN=C(N)Nc2cccc(Oc3ccccc3)c2)cn1.I. The van der Waals surface area contributed by atoms with E-state index in [-0.39, 0.29) is 24.0 Å². The molecular formula is C18H20IN5O. The van der Waals surface area contributed by atoms with E-state index in [4.69, 9.17) is 10.5 Å². The number of benzene rings is 2.